The van der Waals surface area contributed by atoms with Gasteiger partial charge in [-0.05, 0) is 13.8 Å². The average molecular weight is 175 g/mol. The molecule has 1 aliphatic heterocycles. The number of rotatable bonds is 0. The maximum atomic E-state index is 4.40. The number of nitrogens with zero attached hydrogens (tertiary/aromatic N) is 1. The third kappa shape index (κ3) is 1.70. The van der Waals surface area contributed by atoms with Crippen LogP contribution in [0.15, 0.2) is 4.99 Å². The second-order valence-corrected chi connectivity index (χ2v) is 4.92. The van der Waals surface area contributed by atoms with Crippen molar-refractivity contribution in [2.75, 3.05) is 0 Å². The maximum Gasteiger partial charge on any atom is 0.104 e. The van der Waals surface area contributed by atoms with E-state index in [1.54, 1.807) is 0 Å². The molecule has 0 aliphatic carbocycles. The van der Waals surface area contributed by atoms with Crippen LogP contribution in [0.25, 0.3) is 0 Å². The molecule has 1 heterocycles. The predicted molar refractivity (Wildman–Crippen MR) is 52.4 cm³/mol. The summed E-state index contributed by atoms with van der Waals surface area (Å²) in [6, 6.07) is 0. The zero-order valence-corrected chi connectivity index (χ0v) is 8.25. The Kier molecular flexibility index (Phi) is 2.69. The Morgan fingerprint density at radius 2 is 2.10 bits per heavy atom. The Balaban J connectivity index is 2.69. The quantitative estimate of drug-likeness (QED) is 0.557. The SMILES string of the molecule is CC1=NC(S)C(C)SC1C. The van der Waals surface area contributed by atoms with Crippen molar-refractivity contribution in [3.8, 4) is 0 Å². The number of aliphatic imine (C=N–C) groups is 1. The minimum Gasteiger partial charge on any atom is -0.278 e. The molecule has 1 rings (SSSR count). The molecule has 0 saturated carbocycles. The second-order valence-electron chi connectivity index (χ2n) is 2.67. The molecular weight excluding hydrogens is 162 g/mol. The molecule has 1 nitrogen and oxygen atoms in total. The van der Waals surface area contributed by atoms with Gasteiger partial charge in [-0.15, -0.1) is 11.8 Å². The summed E-state index contributed by atoms with van der Waals surface area (Å²) >= 11 is 6.30. The lowest BCUT2D eigenvalue weighted by Crippen LogP contribution is -2.26. The third-order valence-electron chi connectivity index (χ3n) is 1.76. The van der Waals surface area contributed by atoms with Crippen LogP contribution < -0.4 is 0 Å². The summed E-state index contributed by atoms with van der Waals surface area (Å²) in [7, 11) is 0. The van der Waals surface area contributed by atoms with Gasteiger partial charge in [-0.2, -0.15) is 12.6 Å². The van der Waals surface area contributed by atoms with Crippen molar-refractivity contribution in [2.45, 2.75) is 36.6 Å². The summed E-state index contributed by atoms with van der Waals surface area (Å²) in [6.45, 7) is 6.45. The van der Waals surface area contributed by atoms with Gasteiger partial charge in [0, 0.05) is 16.2 Å². The van der Waals surface area contributed by atoms with Crippen LogP contribution in [0.5, 0.6) is 0 Å². The minimum absolute atomic E-state index is 0.209. The summed E-state index contributed by atoms with van der Waals surface area (Å²) in [6.07, 6.45) is 0. The van der Waals surface area contributed by atoms with E-state index >= 15 is 0 Å². The molecule has 0 aromatic carbocycles. The van der Waals surface area contributed by atoms with E-state index in [0.717, 1.165) is 0 Å². The largest absolute Gasteiger partial charge is 0.278 e. The zero-order valence-electron chi connectivity index (χ0n) is 6.53. The van der Waals surface area contributed by atoms with Gasteiger partial charge in [0.2, 0.25) is 0 Å². The smallest absolute Gasteiger partial charge is 0.104 e. The van der Waals surface area contributed by atoms with Crippen molar-refractivity contribution in [3.63, 3.8) is 0 Å². The van der Waals surface area contributed by atoms with Crippen LogP contribution in [-0.4, -0.2) is 21.6 Å². The molecular formula is C7H13NS2. The summed E-state index contributed by atoms with van der Waals surface area (Å²) < 4.78 is 0. The molecule has 3 heteroatoms. The highest BCUT2D eigenvalue weighted by molar-refractivity contribution is 8.02. The van der Waals surface area contributed by atoms with Gasteiger partial charge in [0.05, 0.1) is 0 Å². The minimum atomic E-state index is 0.209. The molecule has 0 aromatic heterocycles. The van der Waals surface area contributed by atoms with E-state index in [1.165, 1.54) is 5.71 Å². The van der Waals surface area contributed by atoms with E-state index in [0.29, 0.717) is 10.5 Å². The molecule has 58 valence electrons. The lowest BCUT2D eigenvalue weighted by Gasteiger charge is -2.26. The van der Waals surface area contributed by atoms with Gasteiger partial charge in [-0.1, -0.05) is 6.92 Å². The molecule has 10 heavy (non-hydrogen) atoms. The van der Waals surface area contributed by atoms with E-state index in [-0.39, 0.29) is 5.37 Å². The monoisotopic (exact) mass is 175 g/mol. The molecule has 0 fully saturated rings. The van der Waals surface area contributed by atoms with Gasteiger partial charge in [0.15, 0.2) is 0 Å². The average Bonchev–Trinajstić information content (AvgIpc) is 1.84. The molecule has 0 aromatic rings. The fourth-order valence-corrected chi connectivity index (χ4v) is 2.41. The summed E-state index contributed by atoms with van der Waals surface area (Å²) in [5.74, 6) is 0. The lowest BCUT2D eigenvalue weighted by molar-refractivity contribution is 0.870. The molecule has 0 radical (unpaired) electrons. The van der Waals surface area contributed by atoms with Crippen molar-refractivity contribution in [3.05, 3.63) is 0 Å². The first-order valence-corrected chi connectivity index (χ1v) is 4.95. The molecule has 3 atom stereocenters. The molecule has 0 amide bonds. The van der Waals surface area contributed by atoms with Crippen molar-refractivity contribution in [1.29, 1.82) is 0 Å². The lowest BCUT2D eigenvalue weighted by atomic mass is 10.3. The van der Waals surface area contributed by atoms with E-state index in [2.05, 4.69) is 38.4 Å². The molecule has 0 spiro atoms. The second kappa shape index (κ2) is 3.18. The summed E-state index contributed by atoms with van der Waals surface area (Å²) in [5.41, 5.74) is 1.23. The normalized spacial score (nSPS) is 41.2. The molecule has 3 unspecified atom stereocenters. The van der Waals surface area contributed by atoms with Gasteiger partial charge in [-0.3, -0.25) is 4.99 Å². The van der Waals surface area contributed by atoms with Gasteiger partial charge in [-0.25, -0.2) is 0 Å². The number of hydrogen-bond donors (Lipinski definition) is 1. The zero-order chi connectivity index (χ0) is 7.72. The van der Waals surface area contributed by atoms with Crippen molar-refractivity contribution < 1.29 is 0 Å². The first-order chi connectivity index (χ1) is 4.61. The molecule has 0 N–H and O–H groups in total. The first kappa shape index (κ1) is 8.47. The fourth-order valence-electron chi connectivity index (χ4n) is 0.909. The van der Waals surface area contributed by atoms with Crippen LogP contribution in [0.4, 0.5) is 0 Å². The summed E-state index contributed by atoms with van der Waals surface area (Å²) in [5, 5.41) is 1.35. The Morgan fingerprint density at radius 1 is 1.50 bits per heavy atom. The van der Waals surface area contributed by atoms with E-state index in [1.807, 2.05) is 11.8 Å². The molecule has 0 bridgehead atoms. The van der Waals surface area contributed by atoms with Crippen molar-refractivity contribution in [1.82, 2.24) is 0 Å². The van der Waals surface area contributed by atoms with Crippen molar-refractivity contribution >= 4 is 30.1 Å². The molecule has 1 aliphatic rings. The Bertz CT molecular complexity index is 156. The van der Waals surface area contributed by atoms with Gasteiger partial charge < -0.3 is 0 Å². The van der Waals surface area contributed by atoms with E-state index in [9.17, 15) is 0 Å². The standard InChI is InChI=1S/C7H13NS2/c1-4-5(2)10-6(3)7(9)8-4/h5-7,9H,1-3H3. The van der Waals surface area contributed by atoms with Crippen LogP contribution in [0, 0.1) is 0 Å². The highest BCUT2D eigenvalue weighted by Crippen LogP contribution is 2.29. The van der Waals surface area contributed by atoms with Gasteiger partial charge >= 0.3 is 0 Å². The maximum absolute atomic E-state index is 4.40. The van der Waals surface area contributed by atoms with E-state index in [4.69, 9.17) is 0 Å². The topological polar surface area (TPSA) is 12.4 Å². The Morgan fingerprint density at radius 3 is 2.60 bits per heavy atom. The summed E-state index contributed by atoms with van der Waals surface area (Å²) in [4.78, 5) is 4.40. The Hall–Kier alpha value is 0.370. The highest BCUT2D eigenvalue weighted by atomic mass is 32.2. The van der Waals surface area contributed by atoms with Crippen LogP contribution in [0.1, 0.15) is 20.8 Å². The van der Waals surface area contributed by atoms with Gasteiger partial charge in [0.1, 0.15) is 5.37 Å². The van der Waals surface area contributed by atoms with Crippen LogP contribution in [0.2, 0.25) is 0 Å². The first-order valence-electron chi connectivity index (χ1n) is 3.49. The van der Waals surface area contributed by atoms with Crippen molar-refractivity contribution in [2.24, 2.45) is 4.99 Å². The number of thioether (sulfide) groups is 1. The highest BCUT2D eigenvalue weighted by Gasteiger charge is 2.22. The predicted octanol–water partition coefficient (Wildman–Crippen LogP) is 2.23. The Labute approximate surface area is 72.1 Å². The van der Waals surface area contributed by atoms with Crippen LogP contribution in [-0.2, 0) is 0 Å². The van der Waals surface area contributed by atoms with E-state index < -0.39 is 0 Å². The van der Waals surface area contributed by atoms with Crippen LogP contribution in [0.3, 0.4) is 0 Å². The van der Waals surface area contributed by atoms with Crippen LogP contribution >= 0.6 is 24.4 Å². The van der Waals surface area contributed by atoms with Gasteiger partial charge in [0.25, 0.3) is 0 Å². The molecule has 0 saturated heterocycles. The fraction of sp³-hybridized carbons (Fsp3) is 0.857. The number of hydrogen-bond acceptors (Lipinski definition) is 3. The third-order valence-corrected chi connectivity index (χ3v) is 3.96. The number of thiol groups is 1.